The van der Waals surface area contributed by atoms with Gasteiger partial charge in [0.05, 0.1) is 9.58 Å². The van der Waals surface area contributed by atoms with Gasteiger partial charge in [-0.2, -0.15) is 0 Å². The van der Waals surface area contributed by atoms with E-state index < -0.39 is 0 Å². The summed E-state index contributed by atoms with van der Waals surface area (Å²) in [7, 11) is 0. The number of nitrogens with zero attached hydrogens (tertiary/aromatic N) is 3. The van der Waals surface area contributed by atoms with Crippen LogP contribution in [-0.4, -0.2) is 41.5 Å². The first-order chi connectivity index (χ1) is 11.7. The van der Waals surface area contributed by atoms with Crippen molar-refractivity contribution in [2.75, 3.05) is 24.5 Å². The van der Waals surface area contributed by atoms with E-state index in [2.05, 4.69) is 36.6 Å². The fraction of sp³-hybridized carbons (Fsp3) is 0.667. The Bertz CT molecular complexity index is 652. The number of aromatic nitrogens is 1. The average molecular weight is 366 g/mol. The summed E-state index contributed by atoms with van der Waals surface area (Å²) in [6.45, 7) is 9.13. The van der Waals surface area contributed by atoms with Gasteiger partial charge in [-0.15, -0.1) is 11.3 Å². The average Bonchev–Trinajstić information content (AvgIpc) is 3.16. The van der Waals surface area contributed by atoms with Crippen LogP contribution in [0.25, 0.3) is 9.53 Å². The lowest BCUT2D eigenvalue weighted by Crippen LogP contribution is -2.40. The summed E-state index contributed by atoms with van der Waals surface area (Å²) in [5.41, 5.74) is 0. The number of hydrogen-bond acceptors (Lipinski definition) is 5. The van der Waals surface area contributed by atoms with Gasteiger partial charge in [-0.25, -0.2) is 4.98 Å². The molecule has 4 nitrogen and oxygen atoms in total. The molecule has 2 aromatic rings. The maximum atomic E-state index is 13.0. The lowest BCUT2D eigenvalue weighted by atomic mass is 9.94. The zero-order valence-corrected chi connectivity index (χ0v) is 16.5. The Balaban J connectivity index is 1.80. The van der Waals surface area contributed by atoms with Crippen LogP contribution < -0.4 is 4.90 Å². The molecule has 0 spiro atoms. The fourth-order valence-corrected chi connectivity index (χ4v) is 5.85. The monoisotopic (exact) mass is 365 g/mol. The van der Waals surface area contributed by atoms with E-state index in [0.717, 1.165) is 52.0 Å². The lowest BCUT2D eigenvalue weighted by Gasteiger charge is -2.33. The Hall–Kier alpha value is -1.14. The van der Waals surface area contributed by atoms with Crippen molar-refractivity contribution in [1.82, 2.24) is 9.88 Å². The van der Waals surface area contributed by atoms with Gasteiger partial charge >= 0.3 is 0 Å². The molecule has 0 unspecified atom stereocenters. The number of thiophene rings is 1. The summed E-state index contributed by atoms with van der Waals surface area (Å²) in [4.78, 5) is 23.9. The molecule has 0 radical (unpaired) electrons. The van der Waals surface area contributed by atoms with Crippen molar-refractivity contribution in [2.45, 2.75) is 58.9 Å². The summed E-state index contributed by atoms with van der Waals surface area (Å²) >= 11 is 3.26. The van der Waals surface area contributed by atoms with Gasteiger partial charge in [0.2, 0.25) is 0 Å². The van der Waals surface area contributed by atoms with Crippen LogP contribution in [0.3, 0.4) is 0 Å². The number of anilines is 1. The van der Waals surface area contributed by atoms with E-state index in [9.17, 15) is 4.79 Å². The first kappa shape index (κ1) is 17.7. The molecule has 3 rings (SSSR count). The largest absolute Gasteiger partial charge is 0.349 e. The quantitative estimate of drug-likeness (QED) is 0.723. The lowest BCUT2D eigenvalue weighted by molar-refractivity contribution is 0.0653. The highest BCUT2D eigenvalue weighted by atomic mass is 32.1. The summed E-state index contributed by atoms with van der Waals surface area (Å²) in [6.07, 6.45) is 6.13. The van der Waals surface area contributed by atoms with Crippen molar-refractivity contribution in [3.63, 3.8) is 0 Å². The highest BCUT2D eigenvalue weighted by Gasteiger charge is 2.26. The van der Waals surface area contributed by atoms with Gasteiger partial charge in [0.1, 0.15) is 4.83 Å². The molecule has 0 aromatic carbocycles. The van der Waals surface area contributed by atoms with Gasteiger partial charge in [-0.1, -0.05) is 30.6 Å². The SMILES string of the molecule is CCN(CC)c1nc2sc(C(=O)N(CC)C3CCCCC3)cc2s1. The molecule has 1 saturated carbocycles. The van der Waals surface area contributed by atoms with Crippen LogP contribution in [0.15, 0.2) is 6.07 Å². The molecule has 6 heteroatoms. The molecule has 1 aliphatic rings. The molecule has 0 atom stereocenters. The van der Waals surface area contributed by atoms with Crippen LogP contribution in [0.4, 0.5) is 5.13 Å². The zero-order valence-electron chi connectivity index (χ0n) is 14.9. The van der Waals surface area contributed by atoms with E-state index >= 15 is 0 Å². The number of fused-ring (bicyclic) bond motifs is 1. The Morgan fingerprint density at radius 3 is 2.42 bits per heavy atom. The second kappa shape index (κ2) is 7.83. The molecule has 2 heterocycles. The third-order valence-corrected chi connectivity index (χ3v) is 7.15. The Labute approximate surface area is 152 Å². The van der Waals surface area contributed by atoms with Crippen molar-refractivity contribution < 1.29 is 4.79 Å². The zero-order chi connectivity index (χ0) is 17.1. The van der Waals surface area contributed by atoms with Crippen LogP contribution in [0, 0.1) is 0 Å². The van der Waals surface area contributed by atoms with Crippen LogP contribution in [0.2, 0.25) is 0 Å². The second-order valence-electron chi connectivity index (χ2n) is 6.33. The van der Waals surface area contributed by atoms with Crippen LogP contribution in [0.1, 0.15) is 62.5 Å². The topological polar surface area (TPSA) is 36.4 Å². The number of carbonyl (C=O) groups excluding carboxylic acids is 1. The van der Waals surface area contributed by atoms with Gasteiger partial charge in [0.15, 0.2) is 5.13 Å². The Morgan fingerprint density at radius 1 is 1.12 bits per heavy atom. The predicted octanol–water partition coefficient (Wildman–Crippen LogP) is 5.00. The van der Waals surface area contributed by atoms with Crippen LogP contribution in [0.5, 0.6) is 0 Å². The van der Waals surface area contributed by atoms with E-state index in [4.69, 9.17) is 4.98 Å². The first-order valence-corrected chi connectivity index (χ1v) is 10.8. The molecule has 1 amide bonds. The Kier molecular flexibility index (Phi) is 5.76. The smallest absolute Gasteiger partial charge is 0.264 e. The fourth-order valence-electron chi connectivity index (χ4n) is 3.56. The van der Waals surface area contributed by atoms with Crippen molar-refractivity contribution in [3.8, 4) is 0 Å². The summed E-state index contributed by atoms with van der Waals surface area (Å²) < 4.78 is 1.14. The first-order valence-electron chi connectivity index (χ1n) is 9.14. The van der Waals surface area contributed by atoms with Crippen molar-refractivity contribution >= 4 is 43.2 Å². The molecule has 132 valence electrons. The van der Waals surface area contributed by atoms with Crippen LogP contribution >= 0.6 is 22.7 Å². The third-order valence-electron chi connectivity index (χ3n) is 4.94. The molecular weight excluding hydrogens is 338 g/mol. The molecule has 24 heavy (non-hydrogen) atoms. The number of thiazole rings is 1. The summed E-state index contributed by atoms with van der Waals surface area (Å²) in [6, 6.07) is 2.48. The normalized spacial score (nSPS) is 15.8. The second-order valence-corrected chi connectivity index (χ2v) is 8.37. The molecule has 0 bridgehead atoms. The van der Waals surface area contributed by atoms with Crippen molar-refractivity contribution in [1.29, 1.82) is 0 Å². The molecule has 0 N–H and O–H groups in total. The van der Waals surface area contributed by atoms with Crippen LogP contribution in [-0.2, 0) is 0 Å². The summed E-state index contributed by atoms with van der Waals surface area (Å²) in [5.74, 6) is 0.198. The minimum Gasteiger partial charge on any atom is -0.349 e. The van der Waals surface area contributed by atoms with Gasteiger partial charge in [-0.3, -0.25) is 4.79 Å². The summed E-state index contributed by atoms with van der Waals surface area (Å²) in [5, 5.41) is 1.07. The minimum absolute atomic E-state index is 0.198. The van der Waals surface area contributed by atoms with E-state index in [1.54, 1.807) is 22.7 Å². The molecular formula is C18H27N3OS2. The van der Waals surface area contributed by atoms with E-state index in [0.29, 0.717) is 6.04 Å². The predicted molar refractivity (Wildman–Crippen MR) is 105 cm³/mol. The molecule has 0 saturated heterocycles. The van der Waals surface area contributed by atoms with Gasteiger partial charge < -0.3 is 9.80 Å². The maximum Gasteiger partial charge on any atom is 0.264 e. The molecule has 0 aliphatic heterocycles. The van der Waals surface area contributed by atoms with Gasteiger partial charge in [-0.05, 0) is 39.7 Å². The number of carbonyl (C=O) groups is 1. The number of amides is 1. The number of rotatable bonds is 6. The highest BCUT2D eigenvalue weighted by Crippen LogP contribution is 2.35. The molecule has 1 aliphatic carbocycles. The van der Waals surface area contributed by atoms with E-state index in [1.165, 1.54) is 19.3 Å². The highest BCUT2D eigenvalue weighted by molar-refractivity contribution is 7.29. The molecule has 1 fully saturated rings. The van der Waals surface area contributed by atoms with Gasteiger partial charge in [0.25, 0.3) is 5.91 Å². The Morgan fingerprint density at radius 2 is 1.83 bits per heavy atom. The van der Waals surface area contributed by atoms with E-state index in [1.807, 2.05) is 0 Å². The standard InChI is InChI=1S/C18H27N3OS2/c1-4-20(5-2)18-19-16-14(24-18)12-15(23-16)17(22)21(6-3)13-10-8-7-9-11-13/h12-13H,4-11H2,1-3H3. The third kappa shape index (κ3) is 3.45. The molecule has 2 aromatic heterocycles. The maximum absolute atomic E-state index is 13.0. The van der Waals surface area contributed by atoms with Gasteiger partial charge in [0, 0.05) is 25.7 Å². The van der Waals surface area contributed by atoms with Crippen molar-refractivity contribution in [3.05, 3.63) is 10.9 Å². The minimum atomic E-state index is 0.198. The number of hydrogen-bond donors (Lipinski definition) is 0. The van der Waals surface area contributed by atoms with Crippen molar-refractivity contribution in [2.24, 2.45) is 0 Å². The van der Waals surface area contributed by atoms with E-state index in [-0.39, 0.29) is 5.91 Å².